The SMILES string of the molecule is CCCCCCCC/C=C\CCCCCCCC(CCCCCCCC)N(C)CC(=O)O. The lowest BCUT2D eigenvalue weighted by atomic mass is 9.99. The molecule has 0 spiro atoms. The smallest absolute Gasteiger partial charge is 0.317 e. The van der Waals surface area contributed by atoms with Gasteiger partial charge in [0.25, 0.3) is 0 Å². The number of nitrogens with zero attached hydrogens (tertiary/aromatic N) is 1. The molecule has 1 atom stereocenters. The molecule has 32 heavy (non-hydrogen) atoms. The Kier molecular flexibility index (Phi) is 24.2. The number of likely N-dealkylation sites (N-methyl/N-ethyl adjacent to an activating group) is 1. The number of rotatable bonds is 25. The Labute approximate surface area is 201 Å². The Morgan fingerprint density at radius 3 is 1.44 bits per heavy atom. The summed E-state index contributed by atoms with van der Waals surface area (Å²) < 4.78 is 0. The average molecular weight is 452 g/mol. The molecule has 190 valence electrons. The van der Waals surface area contributed by atoms with Gasteiger partial charge < -0.3 is 5.11 Å². The fourth-order valence-corrected chi connectivity index (χ4v) is 4.54. The van der Waals surface area contributed by atoms with Crippen LogP contribution in [0.5, 0.6) is 0 Å². The van der Waals surface area contributed by atoms with Crippen LogP contribution in [0.3, 0.4) is 0 Å². The minimum atomic E-state index is -0.704. The molecule has 0 aliphatic heterocycles. The standard InChI is InChI=1S/C29H57NO2/c1-4-6-8-10-12-13-14-15-16-17-18-19-20-22-24-26-28(30(3)27-29(31)32)25-23-21-11-9-7-5-2/h15-16,28H,4-14,17-27H2,1-3H3,(H,31,32)/b16-15-. The van der Waals surface area contributed by atoms with Crippen LogP contribution in [0.4, 0.5) is 0 Å². The van der Waals surface area contributed by atoms with E-state index in [0.717, 1.165) is 12.8 Å². The summed E-state index contributed by atoms with van der Waals surface area (Å²) in [5.41, 5.74) is 0. The highest BCUT2D eigenvalue weighted by molar-refractivity contribution is 5.69. The third-order valence-corrected chi connectivity index (χ3v) is 6.70. The van der Waals surface area contributed by atoms with Crippen LogP contribution >= 0.6 is 0 Å². The Hall–Kier alpha value is -0.830. The molecule has 3 heteroatoms. The van der Waals surface area contributed by atoms with E-state index in [0.29, 0.717) is 6.04 Å². The first kappa shape index (κ1) is 31.2. The zero-order chi connectivity index (χ0) is 23.7. The Balaban J connectivity index is 3.76. The van der Waals surface area contributed by atoms with Crippen LogP contribution in [0.2, 0.25) is 0 Å². The van der Waals surface area contributed by atoms with Crippen LogP contribution in [-0.2, 0) is 4.79 Å². The average Bonchev–Trinajstić information content (AvgIpc) is 2.76. The molecule has 0 fully saturated rings. The van der Waals surface area contributed by atoms with Gasteiger partial charge in [-0.2, -0.15) is 0 Å². The van der Waals surface area contributed by atoms with Crippen molar-refractivity contribution in [3.63, 3.8) is 0 Å². The van der Waals surface area contributed by atoms with Gasteiger partial charge in [0.2, 0.25) is 0 Å². The summed E-state index contributed by atoms with van der Waals surface area (Å²) in [6.07, 6.45) is 32.2. The number of hydrogen-bond donors (Lipinski definition) is 1. The molecule has 0 heterocycles. The van der Waals surface area contributed by atoms with E-state index in [4.69, 9.17) is 5.11 Å². The van der Waals surface area contributed by atoms with E-state index in [1.165, 1.54) is 122 Å². The quantitative estimate of drug-likeness (QED) is 0.111. The van der Waals surface area contributed by atoms with Crippen molar-refractivity contribution in [2.24, 2.45) is 0 Å². The van der Waals surface area contributed by atoms with Crippen LogP contribution in [0.25, 0.3) is 0 Å². The number of carboxylic acid groups (broad SMARTS) is 1. The molecular weight excluding hydrogens is 394 g/mol. The minimum absolute atomic E-state index is 0.172. The van der Waals surface area contributed by atoms with Gasteiger partial charge in [-0.3, -0.25) is 9.69 Å². The van der Waals surface area contributed by atoms with Crippen LogP contribution in [0.1, 0.15) is 149 Å². The maximum atomic E-state index is 11.1. The first-order chi connectivity index (χ1) is 15.6. The van der Waals surface area contributed by atoms with Crippen LogP contribution in [-0.4, -0.2) is 35.6 Å². The first-order valence-electron chi connectivity index (χ1n) is 14.2. The molecule has 0 radical (unpaired) electrons. The third kappa shape index (κ3) is 22.4. The predicted molar refractivity (Wildman–Crippen MR) is 141 cm³/mol. The monoisotopic (exact) mass is 451 g/mol. The second-order valence-corrected chi connectivity index (χ2v) is 9.89. The van der Waals surface area contributed by atoms with E-state index in [2.05, 4.69) is 30.9 Å². The summed E-state index contributed by atoms with van der Waals surface area (Å²) in [5, 5.41) is 9.16. The lowest BCUT2D eigenvalue weighted by Crippen LogP contribution is -2.35. The molecule has 1 unspecified atom stereocenters. The van der Waals surface area contributed by atoms with Gasteiger partial charge in [0.1, 0.15) is 0 Å². The van der Waals surface area contributed by atoms with Crippen molar-refractivity contribution in [3.05, 3.63) is 12.2 Å². The zero-order valence-electron chi connectivity index (χ0n) is 22.1. The van der Waals surface area contributed by atoms with Gasteiger partial charge in [0, 0.05) is 6.04 Å². The number of carboxylic acids is 1. The van der Waals surface area contributed by atoms with Crippen molar-refractivity contribution in [1.29, 1.82) is 0 Å². The molecule has 0 saturated heterocycles. The molecule has 0 aromatic heterocycles. The maximum Gasteiger partial charge on any atom is 0.317 e. The highest BCUT2D eigenvalue weighted by atomic mass is 16.4. The van der Waals surface area contributed by atoms with Crippen molar-refractivity contribution in [2.75, 3.05) is 13.6 Å². The fourth-order valence-electron chi connectivity index (χ4n) is 4.54. The van der Waals surface area contributed by atoms with Crippen LogP contribution in [0.15, 0.2) is 12.2 Å². The minimum Gasteiger partial charge on any atom is -0.480 e. The molecule has 0 aromatic rings. The summed E-state index contributed by atoms with van der Waals surface area (Å²) >= 11 is 0. The molecule has 0 bridgehead atoms. The van der Waals surface area contributed by atoms with Gasteiger partial charge >= 0.3 is 5.97 Å². The normalized spacial score (nSPS) is 12.8. The topological polar surface area (TPSA) is 40.5 Å². The fraction of sp³-hybridized carbons (Fsp3) is 0.897. The molecule has 0 aromatic carbocycles. The van der Waals surface area contributed by atoms with Gasteiger partial charge in [-0.25, -0.2) is 0 Å². The van der Waals surface area contributed by atoms with Crippen LogP contribution in [0, 0.1) is 0 Å². The number of aliphatic carboxylic acids is 1. The van der Waals surface area contributed by atoms with Crippen molar-refractivity contribution in [2.45, 2.75) is 155 Å². The molecule has 1 N–H and O–H groups in total. The van der Waals surface area contributed by atoms with Gasteiger partial charge in [0.15, 0.2) is 0 Å². The third-order valence-electron chi connectivity index (χ3n) is 6.70. The molecule has 0 amide bonds. The Bertz CT molecular complexity index is 421. The van der Waals surface area contributed by atoms with Gasteiger partial charge in [-0.05, 0) is 45.6 Å². The summed E-state index contributed by atoms with van der Waals surface area (Å²) in [4.78, 5) is 13.2. The molecule has 0 aliphatic rings. The van der Waals surface area contributed by atoms with Gasteiger partial charge in [-0.15, -0.1) is 0 Å². The number of unbranched alkanes of at least 4 members (excludes halogenated alkanes) is 16. The molecular formula is C29H57NO2. The number of carbonyl (C=O) groups is 1. The van der Waals surface area contributed by atoms with E-state index >= 15 is 0 Å². The van der Waals surface area contributed by atoms with E-state index in [-0.39, 0.29) is 6.54 Å². The van der Waals surface area contributed by atoms with E-state index in [9.17, 15) is 4.79 Å². The van der Waals surface area contributed by atoms with E-state index in [1.807, 2.05) is 7.05 Å². The summed E-state index contributed by atoms with van der Waals surface area (Å²) in [7, 11) is 1.99. The van der Waals surface area contributed by atoms with E-state index in [1.54, 1.807) is 0 Å². The Morgan fingerprint density at radius 1 is 0.656 bits per heavy atom. The van der Waals surface area contributed by atoms with Gasteiger partial charge in [-0.1, -0.05) is 122 Å². The maximum absolute atomic E-state index is 11.1. The highest BCUT2D eigenvalue weighted by Crippen LogP contribution is 2.18. The van der Waals surface area contributed by atoms with Crippen molar-refractivity contribution >= 4 is 5.97 Å². The first-order valence-corrected chi connectivity index (χ1v) is 14.2. The number of hydrogen-bond acceptors (Lipinski definition) is 2. The summed E-state index contributed by atoms with van der Waals surface area (Å²) in [5.74, 6) is -0.704. The van der Waals surface area contributed by atoms with Crippen LogP contribution < -0.4 is 0 Å². The van der Waals surface area contributed by atoms with Crippen molar-refractivity contribution < 1.29 is 9.90 Å². The summed E-state index contributed by atoms with van der Waals surface area (Å²) in [6.45, 7) is 4.70. The largest absolute Gasteiger partial charge is 0.480 e. The zero-order valence-corrected chi connectivity index (χ0v) is 22.1. The van der Waals surface area contributed by atoms with Crippen molar-refractivity contribution in [1.82, 2.24) is 4.90 Å². The second-order valence-electron chi connectivity index (χ2n) is 9.89. The lowest BCUT2D eigenvalue weighted by Gasteiger charge is -2.27. The molecule has 3 nitrogen and oxygen atoms in total. The lowest BCUT2D eigenvalue weighted by molar-refractivity contribution is -0.138. The molecule has 0 saturated carbocycles. The predicted octanol–water partition coefficient (Wildman–Crippen LogP) is 9.16. The summed E-state index contributed by atoms with van der Waals surface area (Å²) in [6, 6.07) is 0.433. The van der Waals surface area contributed by atoms with Crippen molar-refractivity contribution in [3.8, 4) is 0 Å². The molecule has 0 rings (SSSR count). The highest BCUT2D eigenvalue weighted by Gasteiger charge is 2.16. The molecule has 0 aliphatic carbocycles. The Morgan fingerprint density at radius 2 is 1.03 bits per heavy atom. The second kappa shape index (κ2) is 24.8. The number of allylic oxidation sites excluding steroid dienone is 2. The van der Waals surface area contributed by atoms with E-state index < -0.39 is 5.97 Å². The van der Waals surface area contributed by atoms with Gasteiger partial charge in [0.05, 0.1) is 6.54 Å².